The van der Waals surface area contributed by atoms with Crippen LogP contribution in [0.1, 0.15) is 65.2 Å². The first-order valence-corrected chi connectivity index (χ1v) is 12.4. The van der Waals surface area contributed by atoms with Gasteiger partial charge in [-0.25, -0.2) is 4.79 Å². The van der Waals surface area contributed by atoms with E-state index in [1.807, 2.05) is 0 Å². The average molecular weight is 465 g/mol. The average Bonchev–Trinajstić information content (AvgIpc) is 3.08. The van der Waals surface area contributed by atoms with Crippen LogP contribution in [0.15, 0.2) is 11.6 Å². The molecule has 184 valence electrons. The smallest absolute Gasteiger partial charge is 0.335 e. The minimum Gasteiger partial charge on any atom is -0.479 e. The number of aliphatic hydroxyl groups is 3. The summed E-state index contributed by atoms with van der Waals surface area (Å²) in [6.45, 7) is 4.53. The van der Waals surface area contributed by atoms with Gasteiger partial charge in [-0.1, -0.05) is 25.5 Å². The van der Waals surface area contributed by atoms with Gasteiger partial charge >= 0.3 is 5.97 Å². The molecule has 1 saturated heterocycles. The third-order valence-electron chi connectivity index (χ3n) is 9.91. The number of carboxylic acids is 1. The zero-order valence-corrected chi connectivity index (χ0v) is 19.4. The summed E-state index contributed by atoms with van der Waals surface area (Å²) in [7, 11) is 0. The maximum Gasteiger partial charge on any atom is 0.335 e. The van der Waals surface area contributed by atoms with Crippen molar-refractivity contribution in [3.63, 3.8) is 0 Å². The van der Waals surface area contributed by atoms with E-state index >= 15 is 0 Å². The van der Waals surface area contributed by atoms with Gasteiger partial charge in [0, 0.05) is 11.8 Å². The van der Waals surface area contributed by atoms with Crippen molar-refractivity contribution >= 4 is 11.8 Å². The molecule has 0 aromatic rings. The van der Waals surface area contributed by atoms with E-state index in [0.717, 1.165) is 44.9 Å². The Morgan fingerprint density at radius 1 is 1.03 bits per heavy atom. The molecule has 1 aliphatic heterocycles. The summed E-state index contributed by atoms with van der Waals surface area (Å²) in [5, 5.41) is 39.6. The number of hydrogen-bond donors (Lipinski definition) is 4. The molecule has 0 amide bonds. The number of aliphatic hydroxyl groups excluding tert-OH is 3. The molecule has 5 aliphatic rings. The molecular formula is C25H36O8. The van der Waals surface area contributed by atoms with Crippen molar-refractivity contribution in [1.29, 1.82) is 0 Å². The molecule has 11 atom stereocenters. The Hall–Kier alpha value is -1.32. The zero-order chi connectivity index (χ0) is 23.7. The van der Waals surface area contributed by atoms with E-state index in [-0.39, 0.29) is 16.9 Å². The molecule has 4 fully saturated rings. The highest BCUT2D eigenvalue weighted by molar-refractivity contribution is 5.87. The molecule has 0 bridgehead atoms. The van der Waals surface area contributed by atoms with Crippen LogP contribution in [0, 0.1) is 28.6 Å². The fraction of sp³-hybridized carbons (Fsp3) is 0.840. The van der Waals surface area contributed by atoms with Crippen LogP contribution in [0.4, 0.5) is 0 Å². The fourth-order valence-corrected chi connectivity index (χ4v) is 7.87. The summed E-state index contributed by atoms with van der Waals surface area (Å²) in [6.07, 6.45) is 1.28. The number of allylic oxidation sites excluding steroid dienone is 1. The number of ketones is 1. The summed E-state index contributed by atoms with van der Waals surface area (Å²) in [4.78, 5) is 24.0. The van der Waals surface area contributed by atoms with E-state index in [1.165, 1.54) is 5.57 Å². The molecule has 5 rings (SSSR count). The summed E-state index contributed by atoms with van der Waals surface area (Å²) < 4.78 is 11.3. The van der Waals surface area contributed by atoms with Crippen molar-refractivity contribution < 1.29 is 39.5 Å². The topological polar surface area (TPSA) is 134 Å². The Morgan fingerprint density at radius 3 is 2.45 bits per heavy atom. The van der Waals surface area contributed by atoms with Gasteiger partial charge in [0.05, 0.1) is 6.10 Å². The SMILES string of the molecule is C[C@]12CC[C@H](O[C@H]3O[C@H](C(=O)O)[C@@H](O)[C@H](O)[C@H]3O)CC1=CC[C@H]1[C@H]2CC[C@]2(C)C(=O)CC[C@@H]12. The van der Waals surface area contributed by atoms with Crippen LogP contribution in [0.25, 0.3) is 0 Å². The Bertz CT molecular complexity index is 855. The first kappa shape index (κ1) is 23.4. The Labute approximate surface area is 194 Å². The van der Waals surface area contributed by atoms with Crippen molar-refractivity contribution in [2.45, 2.75) is 102 Å². The van der Waals surface area contributed by atoms with Crippen molar-refractivity contribution in [3.05, 3.63) is 11.6 Å². The van der Waals surface area contributed by atoms with E-state index in [1.54, 1.807) is 0 Å². The molecule has 0 radical (unpaired) electrons. The van der Waals surface area contributed by atoms with Crippen LogP contribution in [0.3, 0.4) is 0 Å². The predicted molar refractivity (Wildman–Crippen MR) is 116 cm³/mol. The molecule has 8 nitrogen and oxygen atoms in total. The van der Waals surface area contributed by atoms with Gasteiger partial charge < -0.3 is 29.9 Å². The third kappa shape index (κ3) is 3.52. The zero-order valence-electron chi connectivity index (χ0n) is 19.4. The van der Waals surface area contributed by atoms with Crippen LogP contribution >= 0.6 is 0 Å². The summed E-state index contributed by atoms with van der Waals surface area (Å²) in [5.41, 5.74) is 1.25. The number of fused-ring (bicyclic) bond motifs is 5. The molecular weight excluding hydrogens is 428 g/mol. The van der Waals surface area contributed by atoms with Crippen LogP contribution < -0.4 is 0 Å². The second-order valence-corrected chi connectivity index (χ2v) is 11.4. The summed E-state index contributed by atoms with van der Waals surface area (Å²) in [5.74, 6) is 0.596. The number of carbonyl (C=O) groups is 2. The third-order valence-corrected chi connectivity index (χ3v) is 9.91. The number of rotatable bonds is 3. The highest BCUT2D eigenvalue weighted by atomic mass is 16.7. The molecule has 0 unspecified atom stereocenters. The van der Waals surface area contributed by atoms with Gasteiger partial charge in [0.1, 0.15) is 24.1 Å². The van der Waals surface area contributed by atoms with Crippen molar-refractivity contribution in [1.82, 2.24) is 0 Å². The molecule has 0 spiro atoms. The molecule has 0 aromatic heterocycles. The molecule has 8 heteroatoms. The highest BCUT2D eigenvalue weighted by Crippen LogP contribution is 2.64. The Kier molecular flexibility index (Phi) is 5.77. The second-order valence-electron chi connectivity index (χ2n) is 11.4. The van der Waals surface area contributed by atoms with Gasteiger partial charge in [-0.05, 0) is 68.1 Å². The molecule has 4 aliphatic carbocycles. The second kappa shape index (κ2) is 8.12. The Balaban J connectivity index is 1.30. The molecule has 3 saturated carbocycles. The van der Waals surface area contributed by atoms with Crippen molar-refractivity contribution in [2.75, 3.05) is 0 Å². The monoisotopic (exact) mass is 464 g/mol. The lowest BCUT2D eigenvalue weighted by Gasteiger charge is -2.57. The standard InChI is InChI=1S/C25H36O8/c1-24-9-7-13(32-23-20(29)18(27)19(28)21(33-23)22(30)31)11-12(24)3-4-14-15-5-6-17(26)25(15,2)10-8-16(14)24/h3,13-16,18-21,23,27-29H,4-11H2,1-2H3,(H,30,31)/t13-,14+,15-,16+,18-,19-,20+,21-,23-,24-,25-/m0/s1. The first-order chi connectivity index (χ1) is 15.6. The fourth-order valence-electron chi connectivity index (χ4n) is 7.87. The lowest BCUT2D eigenvalue weighted by molar-refractivity contribution is -0.306. The number of hydrogen-bond acceptors (Lipinski definition) is 7. The molecule has 4 N–H and O–H groups in total. The largest absolute Gasteiger partial charge is 0.479 e. The van der Waals surface area contributed by atoms with E-state index in [9.17, 15) is 30.0 Å². The molecule has 1 heterocycles. The number of ether oxygens (including phenoxy) is 2. The lowest BCUT2D eigenvalue weighted by Crippen LogP contribution is -2.61. The van der Waals surface area contributed by atoms with Crippen LogP contribution in [0.5, 0.6) is 0 Å². The van der Waals surface area contributed by atoms with Crippen molar-refractivity contribution in [2.24, 2.45) is 28.6 Å². The molecule has 33 heavy (non-hydrogen) atoms. The van der Waals surface area contributed by atoms with Crippen molar-refractivity contribution in [3.8, 4) is 0 Å². The van der Waals surface area contributed by atoms with Gasteiger partial charge in [-0.15, -0.1) is 0 Å². The van der Waals surface area contributed by atoms with Gasteiger partial charge in [0.25, 0.3) is 0 Å². The number of carbonyl (C=O) groups excluding carboxylic acids is 1. The van der Waals surface area contributed by atoms with Gasteiger partial charge in [-0.2, -0.15) is 0 Å². The Morgan fingerprint density at radius 2 is 1.73 bits per heavy atom. The van der Waals surface area contributed by atoms with Gasteiger partial charge in [-0.3, -0.25) is 4.79 Å². The van der Waals surface area contributed by atoms with E-state index in [4.69, 9.17) is 9.47 Å². The van der Waals surface area contributed by atoms with Crippen LogP contribution in [-0.4, -0.2) is 69.0 Å². The number of carboxylic acid groups (broad SMARTS) is 1. The minimum absolute atomic E-state index is 0.0566. The minimum atomic E-state index is -1.72. The lowest BCUT2D eigenvalue weighted by atomic mass is 9.48. The highest BCUT2D eigenvalue weighted by Gasteiger charge is 2.59. The predicted octanol–water partition coefficient (Wildman–Crippen LogP) is 1.80. The first-order valence-electron chi connectivity index (χ1n) is 12.4. The van der Waals surface area contributed by atoms with E-state index < -0.39 is 36.7 Å². The van der Waals surface area contributed by atoms with Crippen LogP contribution in [-0.2, 0) is 19.1 Å². The number of Topliss-reactive ketones (excluding diaryl/α,β-unsaturated/α-hetero) is 1. The summed E-state index contributed by atoms with van der Waals surface area (Å²) >= 11 is 0. The van der Waals surface area contributed by atoms with E-state index in [2.05, 4.69) is 19.9 Å². The van der Waals surface area contributed by atoms with Crippen LogP contribution in [0.2, 0.25) is 0 Å². The normalized spacial score (nSPS) is 51.8. The quantitative estimate of drug-likeness (QED) is 0.465. The van der Waals surface area contributed by atoms with Gasteiger partial charge in [0.15, 0.2) is 12.4 Å². The molecule has 0 aromatic carbocycles. The maximum absolute atomic E-state index is 12.6. The van der Waals surface area contributed by atoms with E-state index in [0.29, 0.717) is 30.0 Å². The summed E-state index contributed by atoms with van der Waals surface area (Å²) in [6, 6.07) is 0. The number of aliphatic carboxylic acids is 1. The van der Waals surface area contributed by atoms with Gasteiger partial charge in [0.2, 0.25) is 0 Å². The maximum atomic E-state index is 12.6.